The standard InChI is InChI=1S/C12H15N5O3/c1-7(2)17-9(4-5-14-17)15-10(18)8-6-13-12(20)16(3)11(8)19/h4-7H,1-3H3,(H,13,20)(H,15,18). The Morgan fingerprint density at radius 2 is 2.10 bits per heavy atom. The summed E-state index contributed by atoms with van der Waals surface area (Å²) in [6.45, 7) is 3.84. The lowest BCUT2D eigenvalue weighted by atomic mass is 10.3. The Morgan fingerprint density at radius 1 is 1.40 bits per heavy atom. The molecule has 8 heteroatoms. The lowest BCUT2D eigenvalue weighted by Crippen LogP contribution is -2.37. The van der Waals surface area contributed by atoms with Gasteiger partial charge in [0.15, 0.2) is 0 Å². The SMILES string of the molecule is CC(C)n1nccc1NC(=O)c1c[nH]c(=O)n(C)c1=O. The molecule has 2 aromatic rings. The number of aromatic nitrogens is 4. The first kappa shape index (κ1) is 13.8. The van der Waals surface area contributed by atoms with Crippen molar-refractivity contribution in [3.63, 3.8) is 0 Å². The van der Waals surface area contributed by atoms with Gasteiger partial charge in [-0.1, -0.05) is 0 Å². The maximum Gasteiger partial charge on any atom is 0.328 e. The predicted molar refractivity (Wildman–Crippen MR) is 72.9 cm³/mol. The fourth-order valence-corrected chi connectivity index (χ4v) is 1.74. The summed E-state index contributed by atoms with van der Waals surface area (Å²) in [5, 5.41) is 6.68. The average molecular weight is 277 g/mol. The first-order valence-electron chi connectivity index (χ1n) is 6.05. The van der Waals surface area contributed by atoms with Crippen molar-refractivity contribution < 1.29 is 4.79 Å². The summed E-state index contributed by atoms with van der Waals surface area (Å²) in [6, 6.07) is 1.70. The van der Waals surface area contributed by atoms with Crippen LogP contribution >= 0.6 is 0 Å². The third-order valence-electron chi connectivity index (χ3n) is 2.83. The summed E-state index contributed by atoms with van der Waals surface area (Å²) in [6.07, 6.45) is 2.66. The smallest absolute Gasteiger partial charge is 0.313 e. The van der Waals surface area contributed by atoms with E-state index in [0.717, 1.165) is 10.8 Å². The maximum atomic E-state index is 12.1. The van der Waals surface area contributed by atoms with Crippen molar-refractivity contribution in [1.29, 1.82) is 0 Å². The molecule has 0 aromatic carbocycles. The molecule has 0 spiro atoms. The van der Waals surface area contributed by atoms with E-state index < -0.39 is 17.2 Å². The normalized spacial score (nSPS) is 10.8. The molecule has 1 amide bonds. The zero-order chi connectivity index (χ0) is 14.9. The Kier molecular flexibility index (Phi) is 3.55. The Labute approximate surface area is 114 Å². The zero-order valence-corrected chi connectivity index (χ0v) is 11.4. The van der Waals surface area contributed by atoms with Gasteiger partial charge in [0.2, 0.25) is 0 Å². The van der Waals surface area contributed by atoms with E-state index in [9.17, 15) is 14.4 Å². The molecule has 2 N–H and O–H groups in total. The number of carbonyl (C=O) groups excluding carboxylic acids is 1. The zero-order valence-electron chi connectivity index (χ0n) is 11.4. The van der Waals surface area contributed by atoms with Crippen LogP contribution in [0.2, 0.25) is 0 Å². The number of amides is 1. The number of nitrogens with zero attached hydrogens (tertiary/aromatic N) is 3. The van der Waals surface area contributed by atoms with Crippen molar-refractivity contribution in [3.05, 3.63) is 44.9 Å². The van der Waals surface area contributed by atoms with Gasteiger partial charge in [-0.15, -0.1) is 0 Å². The van der Waals surface area contributed by atoms with E-state index in [4.69, 9.17) is 0 Å². The van der Waals surface area contributed by atoms with Crippen molar-refractivity contribution in [1.82, 2.24) is 19.3 Å². The monoisotopic (exact) mass is 277 g/mol. The molecule has 8 nitrogen and oxygen atoms in total. The highest BCUT2D eigenvalue weighted by Crippen LogP contribution is 2.13. The first-order chi connectivity index (χ1) is 9.41. The Balaban J connectivity index is 2.34. The Morgan fingerprint density at radius 3 is 2.75 bits per heavy atom. The molecular weight excluding hydrogens is 262 g/mol. The number of hydrogen-bond acceptors (Lipinski definition) is 4. The van der Waals surface area contributed by atoms with E-state index in [0.29, 0.717) is 5.82 Å². The minimum absolute atomic E-state index is 0.0683. The van der Waals surface area contributed by atoms with Crippen LogP contribution in [0, 0.1) is 0 Å². The minimum atomic E-state index is -0.651. The second-order valence-corrected chi connectivity index (χ2v) is 4.58. The van der Waals surface area contributed by atoms with Gasteiger partial charge in [-0.3, -0.25) is 14.2 Å². The molecule has 0 saturated carbocycles. The highest BCUT2D eigenvalue weighted by atomic mass is 16.2. The van der Waals surface area contributed by atoms with Gasteiger partial charge in [-0.25, -0.2) is 9.48 Å². The van der Waals surface area contributed by atoms with Crippen LogP contribution in [0.1, 0.15) is 30.2 Å². The topological polar surface area (TPSA) is 102 Å². The summed E-state index contributed by atoms with van der Waals surface area (Å²) in [5.41, 5.74) is -1.36. The molecule has 2 rings (SSSR count). The molecule has 0 aliphatic heterocycles. The molecule has 0 atom stereocenters. The predicted octanol–water partition coefficient (Wildman–Crippen LogP) is 0.103. The summed E-state index contributed by atoms with van der Waals surface area (Å²) < 4.78 is 2.46. The number of carbonyl (C=O) groups is 1. The van der Waals surface area contributed by atoms with Crippen LogP contribution in [-0.2, 0) is 7.05 Å². The van der Waals surface area contributed by atoms with Crippen LogP contribution in [0.5, 0.6) is 0 Å². The van der Waals surface area contributed by atoms with Crippen molar-refractivity contribution in [3.8, 4) is 0 Å². The Bertz CT molecular complexity index is 753. The van der Waals surface area contributed by atoms with Crippen molar-refractivity contribution in [2.75, 3.05) is 5.32 Å². The summed E-state index contributed by atoms with van der Waals surface area (Å²) >= 11 is 0. The molecule has 0 radical (unpaired) electrons. The summed E-state index contributed by atoms with van der Waals surface area (Å²) in [7, 11) is 1.30. The third kappa shape index (κ3) is 2.40. The average Bonchev–Trinajstić information content (AvgIpc) is 2.84. The second kappa shape index (κ2) is 5.16. The van der Waals surface area contributed by atoms with E-state index in [1.807, 2.05) is 13.8 Å². The highest BCUT2D eigenvalue weighted by molar-refractivity contribution is 6.03. The molecule has 0 aliphatic rings. The molecule has 2 heterocycles. The van der Waals surface area contributed by atoms with Crippen molar-refractivity contribution in [2.45, 2.75) is 19.9 Å². The molecule has 0 unspecified atom stereocenters. The Hall–Kier alpha value is -2.64. The van der Waals surface area contributed by atoms with Gasteiger partial charge in [0.1, 0.15) is 11.4 Å². The number of aromatic amines is 1. The van der Waals surface area contributed by atoms with Gasteiger partial charge < -0.3 is 10.3 Å². The van der Waals surface area contributed by atoms with Crippen LogP contribution in [0.4, 0.5) is 5.82 Å². The summed E-state index contributed by atoms with van der Waals surface area (Å²) in [4.78, 5) is 37.5. The molecular formula is C12H15N5O3. The number of anilines is 1. The van der Waals surface area contributed by atoms with E-state index >= 15 is 0 Å². The van der Waals surface area contributed by atoms with Gasteiger partial charge in [0.05, 0.1) is 6.20 Å². The van der Waals surface area contributed by atoms with Crippen LogP contribution in [-0.4, -0.2) is 25.2 Å². The number of hydrogen-bond donors (Lipinski definition) is 2. The van der Waals surface area contributed by atoms with E-state index in [-0.39, 0.29) is 11.6 Å². The fraction of sp³-hybridized carbons (Fsp3) is 0.333. The van der Waals surface area contributed by atoms with Gasteiger partial charge in [-0.05, 0) is 13.8 Å². The van der Waals surface area contributed by atoms with E-state index in [1.165, 1.54) is 7.05 Å². The summed E-state index contributed by atoms with van der Waals surface area (Å²) in [5.74, 6) is -0.109. The van der Waals surface area contributed by atoms with Crippen LogP contribution in [0.3, 0.4) is 0 Å². The second-order valence-electron chi connectivity index (χ2n) is 4.58. The fourth-order valence-electron chi connectivity index (χ4n) is 1.74. The lowest BCUT2D eigenvalue weighted by molar-refractivity contribution is 0.102. The quantitative estimate of drug-likeness (QED) is 0.830. The number of rotatable bonds is 3. The molecule has 0 bridgehead atoms. The molecule has 106 valence electrons. The number of H-pyrrole nitrogens is 1. The van der Waals surface area contributed by atoms with Crippen LogP contribution < -0.4 is 16.6 Å². The molecule has 0 saturated heterocycles. The molecule has 0 fully saturated rings. The van der Waals surface area contributed by atoms with Crippen LogP contribution in [0.15, 0.2) is 28.0 Å². The van der Waals surface area contributed by atoms with E-state index in [2.05, 4.69) is 15.4 Å². The lowest BCUT2D eigenvalue weighted by Gasteiger charge is -2.11. The van der Waals surface area contributed by atoms with Crippen molar-refractivity contribution in [2.24, 2.45) is 7.05 Å². The largest absolute Gasteiger partial charge is 0.328 e. The minimum Gasteiger partial charge on any atom is -0.313 e. The van der Waals surface area contributed by atoms with Gasteiger partial charge >= 0.3 is 5.69 Å². The van der Waals surface area contributed by atoms with Gasteiger partial charge in [0.25, 0.3) is 11.5 Å². The molecule has 2 aromatic heterocycles. The highest BCUT2D eigenvalue weighted by Gasteiger charge is 2.15. The van der Waals surface area contributed by atoms with Crippen molar-refractivity contribution >= 4 is 11.7 Å². The van der Waals surface area contributed by atoms with Gasteiger partial charge in [-0.2, -0.15) is 5.10 Å². The molecule has 20 heavy (non-hydrogen) atoms. The van der Waals surface area contributed by atoms with Gasteiger partial charge in [0, 0.05) is 25.4 Å². The van der Waals surface area contributed by atoms with Crippen LogP contribution in [0.25, 0.3) is 0 Å². The third-order valence-corrected chi connectivity index (χ3v) is 2.83. The number of nitrogens with one attached hydrogen (secondary N) is 2. The first-order valence-corrected chi connectivity index (χ1v) is 6.05. The maximum absolute atomic E-state index is 12.1. The molecule has 0 aliphatic carbocycles. The van der Waals surface area contributed by atoms with E-state index in [1.54, 1.807) is 16.9 Å².